The molecule has 2 atom stereocenters. The molecule has 0 saturated carbocycles. The normalized spacial score (nSPS) is 22.4. The summed E-state index contributed by atoms with van der Waals surface area (Å²) < 4.78 is 9.99. The number of esters is 1. The molecule has 0 saturated heterocycles. The molecular formula is C14H18N2O4. The van der Waals surface area contributed by atoms with Crippen molar-refractivity contribution in [2.75, 3.05) is 11.9 Å². The summed E-state index contributed by atoms with van der Waals surface area (Å²) in [5.41, 5.74) is 1.48. The van der Waals surface area contributed by atoms with Crippen LogP contribution in [0.3, 0.4) is 0 Å². The first-order chi connectivity index (χ1) is 9.51. The molecule has 6 nitrogen and oxygen atoms in total. The van der Waals surface area contributed by atoms with E-state index in [9.17, 15) is 9.59 Å². The number of nitrogens with zero attached hydrogens (tertiary/aromatic N) is 1. The summed E-state index contributed by atoms with van der Waals surface area (Å²) in [6, 6.07) is 1.74. The number of aryl methyl sites for hydroxylation is 1. The molecular weight excluding hydrogens is 260 g/mol. The van der Waals surface area contributed by atoms with E-state index in [1.54, 1.807) is 13.0 Å². The summed E-state index contributed by atoms with van der Waals surface area (Å²) >= 11 is 0. The quantitative estimate of drug-likeness (QED) is 0.670. The lowest BCUT2D eigenvalue weighted by Crippen LogP contribution is -2.34. The van der Waals surface area contributed by atoms with Gasteiger partial charge in [-0.1, -0.05) is 12.1 Å². The second kappa shape index (κ2) is 5.90. The van der Waals surface area contributed by atoms with Crippen molar-refractivity contribution in [1.82, 2.24) is 5.16 Å². The highest BCUT2D eigenvalue weighted by Gasteiger charge is 2.36. The number of ketones is 1. The number of ether oxygens (including phenoxy) is 1. The molecule has 108 valence electrons. The Morgan fingerprint density at radius 3 is 2.90 bits per heavy atom. The molecule has 0 radical (unpaired) electrons. The van der Waals surface area contributed by atoms with E-state index in [1.807, 2.05) is 13.8 Å². The van der Waals surface area contributed by atoms with E-state index in [0.717, 1.165) is 11.4 Å². The van der Waals surface area contributed by atoms with Gasteiger partial charge in [-0.05, 0) is 26.2 Å². The van der Waals surface area contributed by atoms with Crippen LogP contribution in [0.4, 0.5) is 5.88 Å². The summed E-state index contributed by atoms with van der Waals surface area (Å²) in [4.78, 5) is 23.8. The highest BCUT2D eigenvalue weighted by Crippen LogP contribution is 2.29. The third-order valence-corrected chi connectivity index (χ3v) is 3.19. The highest BCUT2D eigenvalue weighted by atomic mass is 16.5. The van der Waals surface area contributed by atoms with Crippen LogP contribution in [0.5, 0.6) is 0 Å². The SMILES string of the molecule is CCOC(=O)C1C(=O)C=C(Nc2cc(C)no2)CC1C. The van der Waals surface area contributed by atoms with Crippen LogP contribution in [-0.4, -0.2) is 23.5 Å². The van der Waals surface area contributed by atoms with Crippen LogP contribution in [0.25, 0.3) is 0 Å². The van der Waals surface area contributed by atoms with Crippen LogP contribution in [0, 0.1) is 18.8 Å². The van der Waals surface area contributed by atoms with Crippen molar-refractivity contribution >= 4 is 17.6 Å². The molecule has 1 aliphatic carbocycles. The fourth-order valence-corrected chi connectivity index (χ4v) is 2.31. The number of hydrogen-bond acceptors (Lipinski definition) is 6. The lowest BCUT2D eigenvalue weighted by molar-refractivity contribution is -0.152. The zero-order valence-corrected chi connectivity index (χ0v) is 11.8. The van der Waals surface area contributed by atoms with Gasteiger partial charge in [-0.15, -0.1) is 0 Å². The van der Waals surface area contributed by atoms with E-state index < -0.39 is 11.9 Å². The Labute approximate surface area is 117 Å². The van der Waals surface area contributed by atoms with Crippen molar-refractivity contribution in [2.45, 2.75) is 27.2 Å². The van der Waals surface area contributed by atoms with Crippen LogP contribution in [0.1, 0.15) is 26.0 Å². The molecule has 0 amide bonds. The molecule has 1 aromatic heterocycles. The van der Waals surface area contributed by atoms with Crippen molar-refractivity contribution < 1.29 is 18.8 Å². The van der Waals surface area contributed by atoms with Gasteiger partial charge >= 0.3 is 5.97 Å². The van der Waals surface area contributed by atoms with E-state index in [2.05, 4.69) is 10.5 Å². The number of nitrogens with one attached hydrogen (secondary N) is 1. The van der Waals surface area contributed by atoms with Crippen LogP contribution >= 0.6 is 0 Å². The van der Waals surface area contributed by atoms with Crippen molar-refractivity contribution in [1.29, 1.82) is 0 Å². The van der Waals surface area contributed by atoms with Crippen molar-refractivity contribution in [3.63, 3.8) is 0 Å². The highest BCUT2D eigenvalue weighted by molar-refractivity contribution is 6.06. The third-order valence-electron chi connectivity index (χ3n) is 3.19. The van der Waals surface area contributed by atoms with Gasteiger partial charge in [0.2, 0.25) is 5.88 Å². The maximum atomic E-state index is 12.1. The zero-order chi connectivity index (χ0) is 14.7. The second-order valence-electron chi connectivity index (χ2n) is 4.94. The molecule has 0 aromatic carbocycles. The molecule has 1 N–H and O–H groups in total. The lowest BCUT2D eigenvalue weighted by Gasteiger charge is -2.25. The smallest absolute Gasteiger partial charge is 0.317 e. The molecule has 1 aliphatic rings. The Morgan fingerprint density at radius 2 is 2.35 bits per heavy atom. The Balaban J connectivity index is 2.09. The summed E-state index contributed by atoms with van der Waals surface area (Å²) in [5.74, 6) is -1.02. The van der Waals surface area contributed by atoms with Crippen LogP contribution in [-0.2, 0) is 14.3 Å². The van der Waals surface area contributed by atoms with Crippen molar-refractivity contribution in [2.24, 2.45) is 11.8 Å². The van der Waals surface area contributed by atoms with Crippen molar-refractivity contribution in [3.8, 4) is 0 Å². The molecule has 1 aromatic rings. The maximum Gasteiger partial charge on any atom is 0.317 e. The van der Waals surface area contributed by atoms with Gasteiger partial charge in [-0.3, -0.25) is 9.59 Å². The van der Waals surface area contributed by atoms with E-state index in [4.69, 9.17) is 9.26 Å². The Hall–Kier alpha value is -2.11. The minimum atomic E-state index is -0.711. The monoisotopic (exact) mass is 278 g/mol. The third kappa shape index (κ3) is 3.07. The Morgan fingerprint density at radius 1 is 1.60 bits per heavy atom. The lowest BCUT2D eigenvalue weighted by atomic mass is 9.82. The summed E-state index contributed by atoms with van der Waals surface area (Å²) in [6.07, 6.45) is 2.02. The fraction of sp³-hybridized carbons (Fsp3) is 0.500. The predicted molar refractivity (Wildman–Crippen MR) is 71.9 cm³/mol. The maximum absolute atomic E-state index is 12.1. The number of allylic oxidation sites excluding steroid dienone is 2. The molecule has 0 fully saturated rings. The molecule has 0 bridgehead atoms. The van der Waals surface area contributed by atoms with Gasteiger partial charge in [0.25, 0.3) is 0 Å². The number of rotatable bonds is 4. The van der Waals surface area contributed by atoms with E-state index in [-0.39, 0.29) is 18.3 Å². The average Bonchev–Trinajstić information content (AvgIpc) is 2.74. The average molecular weight is 278 g/mol. The van der Waals surface area contributed by atoms with E-state index >= 15 is 0 Å². The van der Waals surface area contributed by atoms with Crippen molar-refractivity contribution in [3.05, 3.63) is 23.5 Å². The van der Waals surface area contributed by atoms with Gasteiger partial charge in [0.05, 0.1) is 12.3 Å². The number of carbonyl (C=O) groups excluding carboxylic acids is 2. The standard InChI is InChI=1S/C14H18N2O4/c1-4-19-14(18)13-8(2)5-10(7-11(13)17)15-12-6-9(3)16-20-12/h6-8,13,15H,4-5H2,1-3H3. The van der Waals surface area contributed by atoms with E-state index in [1.165, 1.54) is 6.08 Å². The fourth-order valence-electron chi connectivity index (χ4n) is 2.31. The molecule has 2 rings (SSSR count). The first-order valence-electron chi connectivity index (χ1n) is 6.62. The van der Waals surface area contributed by atoms with E-state index in [0.29, 0.717) is 12.3 Å². The molecule has 20 heavy (non-hydrogen) atoms. The molecule has 0 aliphatic heterocycles. The van der Waals surface area contributed by atoms with Crippen LogP contribution in [0.2, 0.25) is 0 Å². The summed E-state index contributed by atoms with van der Waals surface area (Å²) in [7, 11) is 0. The molecule has 6 heteroatoms. The zero-order valence-electron chi connectivity index (χ0n) is 11.8. The Bertz CT molecular complexity index is 547. The van der Waals surface area contributed by atoms with Crippen LogP contribution < -0.4 is 5.32 Å². The topological polar surface area (TPSA) is 81.4 Å². The first kappa shape index (κ1) is 14.3. The molecule has 0 spiro atoms. The first-order valence-corrected chi connectivity index (χ1v) is 6.62. The van der Waals surface area contributed by atoms with Gasteiger partial charge in [-0.25, -0.2) is 0 Å². The number of hydrogen-bond donors (Lipinski definition) is 1. The van der Waals surface area contributed by atoms with Crippen LogP contribution in [0.15, 0.2) is 22.4 Å². The van der Waals surface area contributed by atoms with Gasteiger partial charge in [0, 0.05) is 17.8 Å². The van der Waals surface area contributed by atoms with Gasteiger partial charge in [0.1, 0.15) is 5.92 Å². The minimum absolute atomic E-state index is 0.113. The minimum Gasteiger partial charge on any atom is -0.465 e. The van der Waals surface area contributed by atoms with Gasteiger partial charge in [-0.2, -0.15) is 0 Å². The number of aromatic nitrogens is 1. The summed E-state index contributed by atoms with van der Waals surface area (Å²) in [6.45, 7) is 5.68. The Kier molecular flexibility index (Phi) is 4.22. The largest absolute Gasteiger partial charge is 0.465 e. The van der Waals surface area contributed by atoms with Gasteiger partial charge < -0.3 is 14.6 Å². The summed E-state index contributed by atoms with van der Waals surface area (Å²) in [5, 5.41) is 6.78. The number of carbonyl (C=O) groups is 2. The number of anilines is 1. The second-order valence-corrected chi connectivity index (χ2v) is 4.94. The molecule has 1 heterocycles. The van der Waals surface area contributed by atoms with Gasteiger partial charge in [0.15, 0.2) is 5.78 Å². The predicted octanol–water partition coefficient (Wildman–Crippen LogP) is 2.07. The molecule has 2 unspecified atom stereocenters.